The van der Waals surface area contributed by atoms with Crippen molar-refractivity contribution in [3.05, 3.63) is 28.2 Å². The Hall–Kier alpha value is -1.23. The summed E-state index contributed by atoms with van der Waals surface area (Å²) in [7, 11) is 0. The summed E-state index contributed by atoms with van der Waals surface area (Å²) in [6, 6.07) is 6.95. The molecule has 1 amide bonds. The standard InChI is InChI=1S/C14H17BrN2O2/c1-2-11-7-16(14(18)19)8-12-5-9-3-4-10(15)6-13(9)17(11)12/h3-4,6,11-12H,2,5,7-8H2,1H3,(H,18,19). The first-order chi connectivity index (χ1) is 9.10. The smallest absolute Gasteiger partial charge is 0.407 e. The Balaban J connectivity index is 1.95. The van der Waals surface area contributed by atoms with E-state index < -0.39 is 6.09 Å². The van der Waals surface area contributed by atoms with Gasteiger partial charge in [0.15, 0.2) is 0 Å². The topological polar surface area (TPSA) is 43.8 Å². The van der Waals surface area contributed by atoms with Gasteiger partial charge in [-0.05, 0) is 30.5 Å². The highest BCUT2D eigenvalue weighted by molar-refractivity contribution is 9.10. The lowest BCUT2D eigenvalue weighted by Gasteiger charge is -2.44. The molecule has 0 aliphatic carbocycles. The van der Waals surface area contributed by atoms with E-state index in [1.54, 1.807) is 4.90 Å². The van der Waals surface area contributed by atoms with Crippen LogP contribution in [0.3, 0.4) is 0 Å². The summed E-state index contributed by atoms with van der Waals surface area (Å²) in [6.07, 6.45) is 1.12. The Morgan fingerprint density at radius 3 is 2.95 bits per heavy atom. The monoisotopic (exact) mass is 324 g/mol. The summed E-state index contributed by atoms with van der Waals surface area (Å²) in [5.41, 5.74) is 2.61. The van der Waals surface area contributed by atoms with Crippen LogP contribution in [-0.4, -0.2) is 41.3 Å². The molecule has 0 bridgehead atoms. The van der Waals surface area contributed by atoms with Crippen LogP contribution in [0.2, 0.25) is 0 Å². The fourth-order valence-corrected chi connectivity index (χ4v) is 3.65. The molecule has 0 radical (unpaired) electrons. The highest BCUT2D eigenvalue weighted by atomic mass is 79.9. The number of piperazine rings is 1. The van der Waals surface area contributed by atoms with E-state index >= 15 is 0 Å². The zero-order valence-electron chi connectivity index (χ0n) is 10.8. The maximum Gasteiger partial charge on any atom is 0.407 e. The number of hydrogen-bond acceptors (Lipinski definition) is 2. The van der Waals surface area contributed by atoms with Crippen molar-refractivity contribution >= 4 is 27.7 Å². The van der Waals surface area contributed by atoms with Gasteiger partial charge in [0.2, 0.25) is 0 Å². The number of hydrogen-bond donors (Lipinski definition) is 1. The molecule has 1 aromatic carbocycles. The minimum atomic E-state index is -0.796. The van der Waals surface area contributed by atoms with Gasteiger partial charge >= 0.3 is 6.09 Å². The molecular weight excluding hydrogens is 308 g/mol. The van der Waals surface area contributed by atoms with Gasteiger partial charge in [0.05, 0.1) is 6.04 Å². The lowest BCUT2D eigenvalue weighted by molar-refractivity contribution is 0.126. The first-order valence-electron chi connectivity index (χ1n) is 6.64. The van der Waals surface area contributed by atoms with Crippen LogP contribution in [0.5, 0.6) is 0 Å². The highest BCUT2D eigenvalue weighted by Crippen LogP contribution is 2.38. The molecule has 1 aromatic rings. The van der Waals surface area contributed by atoms with E-state index in [1.165, 1.54) is 11.3 Å². The molecule has 1 N–H and O–H groups in total. The normalized spacial score (nSPS) is 25.2. The van der Waals surface area contributed by atoms with Gasteiger partial charge in [-0.2, -0.15) is 0 Å². The van der Waals surface area contributed by atoms with E-state index in [4.69, 9.17) is 0 Å². The van der Waals surface area contributed by atoms with Gasteiger partial charge < -0.3 is 14.9 Å². The highest BCUT2D eigenvalue weighted by Gasteiger charge is 2.40. The Bertz CT molecular complexity index is 512. The molecule has 0 aromatic heterocycles. The van der Waals surface area contributed by atoms with Crippen LogP contribution < -0.4 is 4.90 Å². The van der Waals surface area contributed by atoms with Gasteiger partial charge in [0, 0.05) is 29.3 Å². The zero-order chi connectivity index (χ0) is 13.6. The van der Waals surface area contributed by atoms with Gasteiger partial charge in [-0.1, -0.05) is 28.9 Å². The molecule has 102 valence electrons. The van der Waals surface area contributed by atoms with Crippen molar-refractivity contribution in [3.63, 3.8) is 0 Å². The molecule has 2 atom stereocenters. The lowest BCUT2D eigenvalue weighted by Crippen LogP contribution is -2.58. The summed E-state index contributed by atoms with van der Waals surface area (Å²) in [6.45, 7) is 3.34. The average molecular weight is 325 g/mol. The SMILES string of the molecule is CCC1CN(C(=O)O)CC2Cc3ccc(Br)cc3N12. The molecule has 0 spiro atoms. The summed E-state index contributed by atoms with van der Waals surface area (Å²) in [5.74, 6) is 0. The fourth-order valence-electron chi connectivity index (χ4n) is 3.30. The number of benzene rings is 1. The molecule has 2 aliphatic heterocycles. The maximum absolute atomic E-state index is 11.2. The van der Waals surface area contributed by atoms with Crippen LogP contribution in [0.1, 0.15) is 18.9 Å². The molecule has 3 rings (SSSR count). The van der Waals surface area contributed by atoms with Crippen LogP contribution in [0, 0.1) is 0 Å². The van der Waals surface area contributed by atoms with Crippen LogP contribution in [0.25, 0.3) is 0 Å². The molecule has 2 unspecified atom stereocenters. The van der Waals surface area contributed by atoms with Crippen molar-refractivity contribution in [2.75, 3.05) is 18.0 Å². The van der Waals surface area contributed by atoms with Gasteiger partial charge in [-0.3, -0.25) is 0 Å². The summed E-state index contributed by atoms with van der Waals surface area (Å²) in [4.78, 5) is 15.2. The molecule has 4 nitrogen and oxygen atoms in total. The number of amides is 1. The summed E-state index contributed by atoms with van der Waals surface area (Å²) in [5, 5.41) is 9.23. The first kappa shape index (κ1) is 12.8. The van der Waals surface area contributed by atoms with Gasteiger partial charge in [-0.25, -0.2) is 4.79 Å². The Morgan fingerprint density at radius 2 is 2.26 bits per heavy atom. The van der Waals surface area contributed by atoms with E-state index in [0.29, 0.717) is 19.1 Å². The van der Waals surface area contributed by atoms with Crippen molar-refractivity contribution in [3.8, 4) is 0 Å². The minimum Gasteiger partial charge on any atom is -0.465 e. The van der Waals surface area contributed by atoms with Crippen molar-refractivity contribution < 1.29 is 9.90 Å². The zero-order valence-corrected chi connectivity index (χ0v) is 12.4. The lowest BCUT2D eigenvalue weighted by atomic mass is 10.0. The van der Waals surface area contributed by atoms with Crippen LogP contribution in [0.4, 0.5) is 10.5 Å². The average Bonchev–Trinajstić information content (AvgIpc) is 2.75. The predicted molar refractivity (Wildman–Crippen MR) is 77.8 cm³/mol. The largest absolute Gasteiger partial charge is 0.465 e. The van der Waals surface area contributed by atoms with Crippen LogP contribution in [0.15, 0.2) is 22.7 Å². The second-order valence-corrected chi connectivity index (χ2v) is 6.20. The number of rotatable bonds is 1. The number of anilines is 1. The van der Waals surface area contributed by atoms with Crippen molar-refractivity contribution in [2.24, 2.45) is 0 Å². The molecule has 1 saturated heterocycles. The van der Waals surface area contributed by atoms with E-state index in [2.05, 4.69) is 46.0 Å². The number of halogens is 1. The van der Waals surface area contributed by atoms with Crippen LogP contribution >= 0.6 is 15.9 Å². The predicted octanol–water partition coefficient (Wildman–Crippen LogP) is 2.95. The van der Waals surface area contributed by atoms with E-state index in [1.807, 2.05) is 0 Å². The van der Waals surface area contributed by atoms with Crippen molar-refractivity contribution in [1.29, 1.82) is 0 Å². The van der Waals surface area contributed by atoms with E-state index in [-0.39, 0.29) is 6.04 Å². The van der Waals surface area contributed by atoms with Crippen molar-refractivity contribution in [1.82, 2.24) is 4.90 Å². The third-order valence-corrected chi connectivity index (χ3v) is 4.67. The Kier molecular flexibility index (Phi) is 3.17. The molecule has 0 saturated carbocycles. The van der Waals surface area contributed by atoms with Gasteiger partial charge in [-0.15, -0.1) is 0 Å². The molecular formula is C14H17BrN2O2. The quantitative estimate of drug-likeness (QED) is 0.863. The Labute approximate surface area is 121 Å². The molecule has 5 heteroatoms. The van der Waals surface area contributed by atoms with E-state index in [0.717, 1.165) is 17.3 Å². The number of fused-ring (bicyclic) bond motifs is 3. The fraction of sp³-hybridized carbons (Fsp3) is 0.500. The second-order valence-electron chi connectivity index (χ2n) is 5.29. The number of carbonyl (C=O) groups is 1. The van der Waals surface area contributed by atoms with E-state index in [9.17, 15) is 9.90 Å². The molecule has 19 heavy (non-hydrogen) atoms. The van der Waals surface area contributed by atoms with Crippen molar-refractivity contribution in [2.45, 2.75) is 31.8 Å². The summed E-state index contributed by atoms with van der Waals surface area (Å²) >= 11 is 3.53. The first-order valence-corrected chi connectivity index (χ1v) is 7.44. The molecule has 1 fully saturated rings. The summed E-state index contributed by atoms with van der Waals surface area (Å²) < 4.78 is 1.09. The number of carboxylic acid groups (broad SMARTS) is 1. The third-order valence-electron chi connectivity index (χ3n) is 4.17. The van der Waals surface area contributed by atoms with Gasteiger partial charge in [0.1, 0.15) is 0 Å². The Morgan fingerprint density at radius 1 is 1.47 bits per heavy atom. The van der Waals surface area contributed by atoms with Crippen LogP contribution in [-0.2, 0) is 6.42 Å². The molecule has 2 heterocycles. The second kappa shape index (κ2) is 4.71. The maximum atomic E-state index is 11.2. The minimum absolute atomic E-state index is 0.283. The van der Waals surface area contributed by atoms with Gasteiger partial charge in [0.25, 0.3) is 0 Å². The molecule has 2 aliphatic rings. The third kappa shape index (κ3) is 2.10. The number of nitrogens with zero attached hydrogens (tertiary/aromatic N) is 2.